The number of guanidine groups is 1. The molecule has 0 aliphatic carbocycles. The van der Waals surface area contributed by atoms with E-state index in [2.05, 4.69) is 22.5 Å². The van der Waals surface area contributed by atoms with Crippen LogP contribution in [0.2, 0.25) is 0 Å². The van der Waals surface area contributed by atoms with Crippen molar-refractivity contribution in [2.75, 3.05) is 27.2 Å². The number of carbonyl (C=O) groups is 1. The van der Waals surface area contributed by atoms with Crippen molar-refractivity contribution in [1.82, 2.24) is 15.5 Å². The molecule has 1 atom stereocenters. The number of carbonyl (C=O) groups excluding carboxylic acids is 1. The van der Waals surface area contributed by atoms with Gasteiger partial charge in [0.25, 0.3) is 0 Å². The molecule has 1 rings (SSSR count). The summed E-state index contributed by atoms with van der Waals surface area (Å²) in [5.41, 5.74) is 0.334. The topological polar surface area (TPSA) is 56.7 Å². The zero-order valence-electron chi connectivity index (χ0n) is 14.7. The lowest BCUT2D eigenvalue weighted by Crippen LogP contribution is -2.40. The molecule has 1 unspecified atom stereocenters. The molecule has 0 spiro atoms. The van der Waals surface area contributed by atoms with Crippen molar-refractivity contribution < 1.29 is 13.6 Å². The molecule has 0 heterocycles. The smallest absolute Gasteiger partial charge is 0.243 e. The van der Waals surface area contributed by atoms with Gasteiger partial charge in [0.15, 0.2) is 5.96 Å². The van der Waals surface area contributed by atoms with Gasteiger partial charge < -0.3 is 15.5 Å². The van der Waals surface area contributed by atoms with E-state index in [1.54, 1.807) is 21.0 Å². The fourth-order valence-corrected chi connectivity index (χ4v) is 1.96. The van der Waals surface area contributed by atoms with Crippen LogP contribution in [0.5, 0.6) is 0 Å². The Morgan fingerprint density at radius 3 is 2.62 bits per heavy atom. The summed E-state index contributed by atoms with van der Waals surface area (Å²) >= 11 is 0. The highest BCUT2D eigenvalue weighted by molar-refractivity contribution is 5.85. The standard InChI is InChI=1S/C17H26F2N4O/c1-5-6-9-20-17(21-11-16(24)23(3)4)22-12(2)14-8-7-13(18)10-15(14)19/h7-8,10,12H,5-6,9,11H2,1-4H3,(H2,20,21,22). The third-order valence-electron chi connectivity index (χ3n) is 3.48. The first-order valence-electron chi connectivity index (χ1n) is 8.05. The Kier molecular flexibility index (Phi) is 8.15. The third kappa shape index (κ3) is 6.52. The van der Waals surface area contributed by atoms with Crippen LogP contribution in [-0.2, 0) is 4.79 Å². The predicted molar refractivity (Wildman–Crippen MR) is 91.8 cm³/mol. The quantitative estimate of drug-likeness (QED) is 0.455. The predicted octanol–water partition coefficient (Wildman–Crippen LogP) is 2.45. The molecule has 0 bridgehead atoms. The highest BCUT2D eigenvalue weighted by atomic mass is 19.1. The Labute approximate surface area is 142 Å². The number of halogens is 2. The van der Waals surface area contributed by atoms with Crippen LogP contribution in [0.1, 0.15) is 38.3 Å². The molecule has 1 amide bonds. The van der Waals surface area contributed by atoms with Gasteiger partial charge in [0.1, 0.15) is 18.2 Å². The summed E-state index contributed by atoms with van der Waals surface area (Å²) in [4.78, 5) is 17.4. The van der Waals surface area contributed by atoms with Gasteiger partial charge in [-0.1, -0.05) is 19.4 Å². The fraction of sp³-hybridized carbons (Fsp3) is 0.529. The molecule has 0 saturated carbocycles. The van der Waals surface area contributed by atoms with Gasteiger partial charge in [0.2, 0.25) is 5.91 Å². The van der Waals surface area contributed by atoms with Gasteiger partial charge in [-0.2, -0.15) is 0 Å². The lowest BCUT2D eigenvalue weighted by molar-refractivity contribution is -0.127. The molecule has 5 nitrogen and oxygen atoms in total. The average Bonchev–Trinajstić information content (AvgIpc) is 2.51. The normalized spacial score (nSPS) is 12.7. The van der Waals surface area contributed by atoms with Crippen molar-refractivity contribution in [1.29, 1.82) is 0 Å². The number of hydrogen-bond donors (Lipinski definition) is 2. The Morgan fingerprint density at radius 2 is 2.04 bits per heavy atom. The Hall–Kier alpha value is -2.18. The number of aliphatic imine (C=N–C) groups is 1. The second kappa shape index (κ2) is 9.85. The second-order valence-electron chi connectivity index (χ2n) is 5.77. The van der Waals surface area contributed by atoms with Gasteiger partial charge >= 0.3 is 0 Å². The zero-order chi connectivity index (χ0) is 18.1. The van der Waals surface area contributed by atoms with E-state index in [-0.39, 0.29) is 12.5 Å². The molecule has 0 aromatic heterocycles. The summed E-state index contributed by atoms with van der Waals surface area (Å²) in [6, 6.07) is 3.04. The Morgan fingerprint density at radius 1 is 1.33 bits per heavy atom. The average molecular weight is 340 g/mol. The van der Waals surface area contributed by atoms with E-state index in [1.807, 2.05) is 0 Å². The van der Waals surface area contributed by atoms with Crippen LogP contribution in [0.3, 0.4) is 0 Å². The summed E-state index contributed by atoms with van der Waals surface area (Å²) in [7, 11) is 3.32. The van der Waals surface area contributed by atoms with E-state index in [1.165, 1.54) is 17.0 Å². The maximum Gasteiger partial charge on any atom is 0.243 e. The molecule has 0 saturated heterocycles. The number of nitrogens with one attached hydrogen (secondary N) is 2. The SMILES string of the molecule is CCCCNC(=NCC(=O)N(C)C)NC(C)c1ccc(F)cc1F. The van der Waals surface area contributed by atoms with E-state index in [4.69, 9.17) is 0 Å². The Balaban J connectivity index is 2.81. The van der Waals surface area contributed by atoms with E-state index >= 15 is 0 Å². The van der Waals surface area contributed by atoms with Crippen molar-refractivity contribution in [3.63, 3.8) is 0 Å². The van der Waals surface area contributed by atoms with Crippen molar-refractivity contribution in [2.45, 2.75) is 32.7 Å². The van der Waals surface area contributed by atoms with Crippen LogP contribution >= 0.6 is 0 Å². The van der Waals surface area contributed by atoms with Crippen LogP contribution in [-0.4, -0.2) is 44.0 Å². The molecule has 7 heteroatoms. The van der Waals surface area contributed by atoms with E-state index in [0.29, 0.717) is 18.1 Å². The first-order chi connectivity index (χ1) is 11.3. The number of nitrogens with zero attached hydrogens (tertiary/aromatic N) is 2. The van der Waals surface area contributed by atoms with Crippen molar-refractivity contribution in [2.24, 2.45) is 4.99 Å². The van der Waals surface area contributed by atoms with Crippen molar-refractivity contribution in [3.05, 3.63) is 35.4 Å². The number of likely N-dealkylation sites (N-methyl/N-ethyl adjacent to an activating group) is 1. The van der Waals surface area contributed by atoms with Crippen LogP contribution in [0, 0.1) is 11.6 Å². The molecular weight excluding hydrogens is 314 g/mol. The molecule has 134 valence electrons. The fourth-order valence-electron chi connectivity index (χ4n) is 1.96. The molecule has 0 fully saturated rings. The highest BCUT2D eigenvalue weighted by Crippen LogP contribution is 2.17. The van der Waals surface area contributed by atoms with Crippen LogP contribution in [0.15, 0.2) is 23.2 Å². The highest BCUT2D eigenvalue weighted by Gasteiger charge is 2.14. The van der Waals surface area contributed by atoms with Gasteiger partial charge in [-0.3, -0.25) is 4.79 Å². The molecule has 24 heavy (non-hydrogen) atoms. The summed E-state index contributed by atoms with van der Waals surface area (Å²) in [6.45, 7) is 4.50. The monoisotopic (exact) mass is 340 g/mol. The molecule has 0 radical (unpaired) electrons. The van der Waals surface area contributed by atoms with Crippen LogP contribution in [0.4, 0.5) is 8.78 Å². The minimum Gasteiger partial charge on any atom is -0.356 e. The van der Waals surface area contributed by atoms with Gasteiger partial charge in [-0.15, -0.1) is 0 Å². The second-order valence-corrected chi connectivity index (χ2v) is 5.77. The van der Waals surface area contributed by atoms with Crippen molar-refractivity contribution >= 4 is 11.9 Å². The summed E-state index contributed by atoms with van der Waals surface area (Å²) < 4.78 is 26.9. The molecule has 0 aliphatic rings. The van der Waals surface area contributed by atoms with Gasteiger partial charge in [-0.05, 0) is 19.4 Å². The number of hydrogen-bond acceptors (Lipinski definition) is 2. The largest absolute Gasteiger partial charge is 0.356 e. The van der Waals surface area contributed by atoms with Crippen molar-refractivity contribution in [3.8, 4) is 0 Å². The first kappa shape index (κ1) is 19.9. The molecular formula is C17H26F2N4O. The van der Waals surface area contributed by atoms with Crippen LogP contribution in [0.25, 0.3) is 0 Å². The lowest BCUT2D eigenvalue weighted by Gasteiger charge is -2.19. The van der Waals surface area contributed by atoms with Crippen LogP contribution < -0.4 is 10.6 Å². The number of benzene rings is 1. The minimum absolute atomic E-state index is 0.00687. The minimum atomic E-state index is -0.618. The Bertz CT molecular complexity index is 576. The third-order valence-corrected chi connectivity index (χ3v) is 3.48. The maximum absolute atomic E-state index is 13.9. The maximum atomic E-state index is 13.9. The van der Waals surface area contributed by atoms with E-state index in [9.17, 15) is 13.6 Å². The summed E-state index contributed by atoms with van der Waals surface area (Å²) in [5, 5.41) is 6.17. The molecule has 0 aliphatic heterocycles. The molecule has 1 aromatic rings. The first-order valence-corrected chi connectivity index (χ1v) is 8.05. The lowest BCUT2D eigenvalue weighted by atomic mass is 10.1. The van der Waals surface area contributed by atoms with Gasteiger partial charge in [-0.25, -0.2) is 13.8 Å². The zero-order valence-corrected chi connectivity index (χ0v) is 14.7. The summed E-state index contributed by atoms with van der Waals surface area (Å²) in [6.07, 6.45) is 1.96. The van der Waals surface area contributed by atoms with E-state index < -0.39 is 17.7 Å². The summed E-state index contributed by atoms with van der Waals surface area (Å²) in [5.74, 6) is -0.940. The molecule has 2 N–H and O–H groups in total. The van der Waals surface area contributed by atoms with Gasteiger partial charge in [0, 0.05) is 32.3 Å². The van der Waals surface area contributed by atoms with Gasteiger partial charge in [0.05, 0.1) is 6.04 Å². The number of unbranched alkanes of at least 4 members (excludes halogenated alkanes) is 1. The molecule has 1 aromatic carbocycles. The number of rotatable bonds is 7. The van der Waals surface area contributed by atoms with E-state index in [0.717, 1.165) is 18.9 Å². The number of amides is 1.